The third-order valence-electron chi connectivity index (χ3n) is 5.62. The van der Waals surface area contributed by atoms with Crippen LogP contribution < -0.4 is 18.9 Å². The van der Waals surface area contributed by atoms with Crippen LogP contribution in [0.2, 0.25) is 0 Å². The van der Waals surface area contributed by atoms with Crippen molar-refractivity contribution in [2.24, 2.45) is 0 Å². The minimum absolute atomic E-state index is 0.0459. The summed E-state index contributed by atoms with van der Waals surface area (Å²) < 4.78 is 21.9. The van der Waals surface area contributed by atoms with Gasteiger partial charge in [-0.15, -0.1) is 0 Å². The van der Waals surface area contributed by atoms with E-state index in [9.17, 15) is 14.7 Å². The summed E-state index contributed by atoms with van der Waals surface area (Å²) in [6.45, 7) is 0.437. The van der Waals surface area contributed by atoms with Crippen molar-refractivity contribution in [1.29, 1.82) is 0 Å². The molecule has 8 heteroatoms. The van der Waals surface area contributed by atoms with Gasteiger partial charge in [0.05, 0.1) is 32.4 Å². The molecule has 2 aromatic carbocycles. The number of allylic oxidation sites excluding steroid dienone is 1. The molecule has 2 heterocycles. The third kappa shape index (κ3) is 4.27. The van der Waals surface area contributed by atoms with Gasteiger partial charge >= 0.3 is 0 Å². The van der Waals surface area contributed by atoms with Gasteiger partial charge < -0.3 is 29.0 Å². The van der Waals surface area contributed by atoms with Gasteiger partial charge in [0.2, 0.25) is 5.78 Å². The van der Waals surface area contributed by atoms with Gasteiger partial charge in [0.15, 0.2) is 23.9 Å². The normalized spacial score (nSPS) is 18.5. The number of hydrogen-bond acceptors (Lipinski definition) is 7. The standard InChI is InChI=1S/C24H25NO7/c1-29-19-8-5-15(10-21(19)30-2)11-22-24(28)18-7-6-17(12-20(18)32-22)31-14-23(27)25-9-3-4-16(25)13-26/h5-8,10-12,16,26H,3-4,9,13-14H2,1-2H3/t16-/m0/s1. The molecule has 1 atom stereocenters. The number of carbonyl (C=O) groups excluding carboxylic acids is 2. The number of aliphatic hydroxyl groups excluding tert-OH is 1. The van der Waals surface area contributed by atoms with E-state index in [1.807, 2.05) is 0 Å². The first kappa shape index (κ1) is 21.7. The molecule has 32 heavy (non-hydrogen) atoms. The van der Waals surface area contributed by atoms with Crippen molar-refractivity contribution in [3.63, 3.8) is 0 Å². The summed E-state index contributed by atoms with van der Waals surface area (Å²) in [5.74, 6) is 1.72. The summed E-state index contributed by atoms with van der Waals surface area (Å²) in [7, 11) is 3.10. The van der Waals surface area contributed by atoms with Crippen LogP contribution >= 0.6 is 0 Å². The molecule has 168 valence electrons. The number of fused-ring (bicyclic) bond motifs is 1. The maximum Gasteiger partial charge on any atom is 0.260 e. The Morgan fingerprint density at radius 1 is 1.19 bits per heavy atom. The number of likely N-dealkylation sites (tertiary alicyclic amines) is 1. The highest BCUT2D eigenvalue weighted by atomic mass is 16.5. The van der Waals surface area contributed by atoms with Gasteiger partial charge in [-0.1, -0.05) is 6.07 Å². The summed E-state index contributed by atoms with van der Waals surface area (Å²) in [5, 5.41) is 9.39. The highest BCUT2D eigenvalue weighted by Crippen LogP contribution is 2.36. The van der Waals surface area contributed by atoms with E-state index in [2.05, 4.69) is 0 Å². The van der Waals surface area contributed by atoms with E-state index in [0.29, 0.717) is 35.1 Å². The van der Waals surface area contributed by atoms with E-state index in [1.165, 1.54) is 0 Å². The second-order valence-electron chi connectivity index (χ2n) is 7.57. The predicted octanol–water partition coefficient (Wildman–Crippen LogP) is 2.68. The number of ketones is 1. The minimum atomic E-state index is -0.236. The van der Waals surface area contributed by atoms with Gasteiger partial charge in [-0.05, 0) is 48.7 Å². The van der Waals surface area contributed by atoms with E-state index >= 15 is 0 Å². The fraction of sp³-hybridized carbons (Fsp3) is 0.333. The van der Waals surface area contributed by atoms with E-state index < -0.39 is 0 Å². The summed E-state index contributed by atoms with van der Waals surface area (Å²) >= 11 is 0. The minimum Gasteiger partial charge on any atom is -0.493 e. The van der Waals surface area contributed by atoms with Crippen LogP contribution in [0.1, 0.15) is 28.8 Å². The molecule has 1 fully saturated rings. The number of Topliss-reactive ketones (excluding diaryl/α,β-unsaturated/α-hetero) is 1. The summed E-state index contributed by atoms with van der Waals surface area (Å²) in [6, 6.07) is 10.0. The van der Waals surface area contributed by atoms with E-state index in [1.54, 1.807) is 61.6 Å². The molecule has 0 aliphatic carbocycles. The lowest BCUT2D eigenvalue weighted by molar-refractivity contribution is -0.134. The highest BCUT2D eigenvalue weighted by Gasteiger charge is 2.30. The molecule has 8 nitrogen and oxygen atoms in total. The Labute approximate surface area is 185 Å². The summed E-state index contributed by atoms with van der Waals surface area (Å²) in [5.41, 5.74) is 1.15. The van der Waals surface area contributed by atoms with Crippen LogP contribution in [0, 0.1) is 0 Å². The van der Waals surface area contributed by atoms with Crippen molar-refractivity contribution in [3.8, 4) is 23.0 Å². The van der Waals surface area contributed by atoms with Crippen molar-refractivity contribution in [2.45, 2.75) is 18.9 Å². The Morgan fingerprint density at radius 3 is 2.75 bits per heavy atom. The molecule has 0 bridgehead atoms. The van der Waals surface area contributed by atoms with Gasteiger partial charge in [-0.25, -0.2) is 0 Å². The Hall–Kier alpha value is -3.52. The van der Waals surface area contributed by atoms with Crippen LogP contribution in [0.4, 0.5) is 0 Å². The summed E-state index contributed by atoms with van der Waals surface area (Å²) in [6.07, 6.45) is 3.31. The number of nitrogens with zero attached hydrogens (tertiary/aromatic N) is 1. The van der Waals surface area contributed by atoms with Crippen LogP contribution in [0.5, 0.6) is 23.0 Å². The van der Waals surface area contributed by atoms with Gasteiger partial charge in [-0.3, -0.25) is 9.59 Å². The molecule has 2 aliphatic rings. The number of methoxy groups -OCH3 is 2. The molecule has 0 unspecified atom stereocenters. The summed E-state index contributed by atoms with van der Waals surface area (Å²) in [4.78, 5) is 26.8. The Balaban J connectivity index is 1.45. The SMILES string of the molecule is COc1ccc(C=C2Oc3cc(OCC(=O)N4CCC[C@H]4CO)ccc3C2=O)cc1OC. The second kappa shape index (κ2) is 9.32. The monoisotopic (exact) mass is 439 g/mol. The van der Waals surface area contributed by atoms with Crippen LogP contribution in [0.25, 0.3) is 6.08 Å². The van der Waals surface area contributed by atoms with Crippen molar-refractivity contribution in [3.05, 3.63) is 53.3 Å². The molecule has 4 rings (SSSR count). The first-order valence-electron chi connectivity index (χ1n) is 10.4. The van der Waals surface area contributed by atoms with Crippen molar-refractivity contribution in [2.75, 3.05) is 34.0 Å². The van der Waals surface area contributed by atoms with Gasteiger partial charge in [0.25, 0.3) is 5.91 Å². The number of hydrogen-bond donors (Lipinski definition) is 1. The fourth-order valence-electron chi connectivity index (χ4n) is 3.93. The second-order valence-corrected chi connectivity index (χ2v) is 7.57. The predicted molar refractivity (Wildman–Crippen MR) is 116 cm³/mol. The molecule has 2 aliphatic heterocycles. The molecular formula is C24H25NO7. The van der Waals surface area contributed by atoms with Crippen LogP contribution in [0.15, 0.2) is 42.2 Å². The molecule has 1 N–H and O–H groups in total. The zero-order chi connectivity index (χ0) is 22.7. The zero-order valence-corrected chi connectivity index (χ0v) is 18.0. The number of amides is 1. The molecule has 1 saturated heterocycles. The van der Waals surface area contributed by atoms with E-state index in [-0.39, 0.29) is 36.7 Å². The van der Waals surface area contributed by atoms with Crippen LogP contribution in [0.3, 0.4) is 0 Å². The first-order valence-corrected chi connectivity index (χ1v) is 10.4. The van der Waals surface area contributed by atoms with Crippen molar-refractivity contribution < 1.29 is 33.6 Å². The lowest BCUT2D eigenvalue weighted by Gasteiger charge is -2.22. The smallest absolute Gasteiger partial charge is 0.260 e. The van der Waals surface area contributed by atoms with Crippen LogP contribution in [-0.2, 0) is 4.79 Å². The number of ether oxygens (including phenoxy) is 4. The van der Waals surface area contributed by atoms with E-state index in [4.69, 9.17) is 18.9 Å². The Kier molecular flexibility index (Phi) is 6.32. The number of aliphatic hydroxyl groups is 1. The number of rotatable bonds is 7. The van der Waals surface area contributed by atoms with Crippen LogP contribution in [-0.4, -0.2) is 61.7 Å². The molecule has 0 spiro atoms. The van der Waals surface area contributed by atoms with E-state index in [0.717, 1.165) is 18.4 Å². The maximum absolute atomic E-state index is 12.7. The van der Waals surface area contributed by atoms with Crippen molar-refractivity contribution in [1.82, 2.24) is 4.90 Å². The topological polar surface area (TPSA) is 94.5 Å². The zero-order valence-electron chi connectivity index (χ0n) is 18.0. The molecule has 1 amide bonds. The maximum atomic E-state index is 12.7. The highest BCUT2D eigenvalue weighted by molar-refractivity contribution is 6.14. The molecule has 0 saturated carbocycles. The van der Waals surface area contributed by atoms with Gasteiger partial charge in [-0.2, -0.15) is 0 Å². The average molecular weight is 439 g/mol. The third-order valence-corrected chi connectivity index (χ3v) is 5.62. The number of carbonyl (C=O) groups is 2. The quantitative estimate of drug-likeness (QED) is 0.663. The molecule has 0 radical (unpaired) electrons. The largest absolute Gasteiger partial charge is 0.493 e. The Bertz CT molecular complexity index is 1060. The average Bonchev–Trinajstić information content (AvgIpc) is 3.41. The van der Waals surface area contributed by atoms with Gasteiger partial charge in [0.1, 0.15) is 11.5 Å². The van der Waals surface area contributed by atoms with Gasteiger partial charge in [0, 0.05) is 12.6 Å². The van der Waals surface area contributed by atoms with Crippen molar-refractivity contribution >= 4 is 17.8 Å². The first-order chi connectivity index (χ1) is 15.5. The lowest BCUT2D eigenvalue weighted by atomic mass is 10.1. The lowest BCUT2D eigenvalue weighted by Crippen LogP contribution is -2.40. The number of benzene rings is 2. The molecular weight excluding hydrogens is 414 g/mol. The molecule has 0 aromatic heterocycles. The molecule has 2 aromatic rings. The Morgan fingerprint density at radius 2 is 2.00 bits per heavy atom. The fourth-order valence-corrected chi connectivity index (χ4v) is 3.93.